The van der Waals surface area contributed by atoms with Crippen molar-refractivity contribution in [1.82, 2.24) is 20.6 Å². The molecule has 33 heavy (non-hydrogen) atoms. The van der Waals surface area contributed by atoms with Crippen LogP contribution in [0, 0.1) is 0 Å². The third-order valence-electron chi connectivity index (χ3n) is 5.61. The van der Waals surface area contributed by atoms with Gasteiger partial charge in [0.15, 0.2) is 0 Å². The highest BCUT2D eigenvalue weighted by molar-refractivity contribution is 9.10. The molecular weight excluding hydrogens is 504 g/mol. The molecule has 0 aliphatic heterocycles. The largest absolute Gasteiger partial charge is 0.497 e. The number of halogens is 2. The Hall–Kier alpha value is -2.90. The Morgan fingerprint density at radius 2 is 1.55 bits per heavy atom. The quantitative estimate of drug-likeness (QED) is 0.295. The molecule has 0 fully saturated rings. The fraction of sp³-hybridized carbons (Fsp3) is 0.240. The van der Waals surface area contributed by atoms with Crippen LogP contribution in [0.15, 0.2) is 59.1 Å². The van der Waals surface area contributed by atoms with Crippen LogP contribution in [0.4, 0.5) is 0 Å². The molecule has 0 saturated heterocycles. The Labute approximate surface area is 206 Å². The molecule has 1 aromatic heterocycles. The van der Waals surface area contributed by atoms with Crippen molar-refractivity contribution in [3.63, 3.8) is 0 Å². The highest BCUT2D eigenvalue weighted by Crippen LogP contribution is 2.32. The number of hydrogen-bond donors (Lipinski definition) is 1. The van der Waals surface area contributed by atoms with Crippen LogP contribution in [0.3, 0.4) is 0 Å². The molecule has 0 aliphatic rings. The van der Waals surface area contributed by atoms with Gasteiger partial charge < -0.3 is 9.47 Å². The maximum Gasteiger partial charge on any atom is 0.204 e. The first kappa shape index (κ1) is 23.3. The zero-order chi connectivity index (χ0) is 23.2. The van der Waals surface area contributed by atoms with Crippen molar-refractivity contribution in [3.05, 3.63) is 86.3 Å². The molecule has 4 aromatic rings. The normalized spacial score (nSPS) is 10.9. The SMILES string of the molecule is COc1cc(CCc2c(CCc3ccc(-c4nn[nH]n4)cc3)ccc(Cl)c2Br)cc(OC)c1. The van der Waals surface area contributed by atoms with E-state index in [2.05, 4.69) is 54.8 Å². The first-order chi connectivity index (χ1) is 16.1. The molecule has 0 bridgehead atoms. The fourth-order valence-electron chi connectivity index (χ4n) is 3.80. The summed E-state index contributed by atoms with van der Waals surface area (Å²) in [6.45, 7) is 0. The summed E-state index contributed by atoms with van der Waals surface area (Å²) in [6.07, 6.45) is 3.52. The Morgan fingerprint density at radius 3 is 2.18 bits per heavy atom. The average molecular weight is 528 g/mol. The summed E-state index contributed by atoms with van der Waals surface area (Å²) in [6, 6.07) is 18.3. The minimum absolute atomic E-state index is 0.597. The Kier molecular flexibility index (Phi) is 7.62. The number of ether oxygens (including phenoxy) is 2. The smallest absolute Gasteiger partial charge is 0.204 e. The van der Waals surface area contributed by atoms with Gasteiger partial charge >= 0.3 is 0 Å². The minimum Gasteiger partial charge on any atom is -0.497 e. The van der Waals surface area contributed by atoms with E-state index in [1.807, 2.05) is 36.4 Å². The number of rotatable bonds is 9. The van der Waals surface area contributed by atoms with E-state index >= 15 is 0 Å². The molecular formula is C25H24BrClN4O2. The van der Waals surface area contributed by atoms with Gasteiger partial charge in [-0.1, -0.05) is 41.9 Å². The van der Waals surface area contributed by atoms with Crippen molar-refractivity contribution in [2.75, 3.05) is 14.2 Å². The first-order valence-corrected chi connectivity index (χ1v) is 11.7. The minimum atomic E-state index is 0.597. The van der Waals surface area contributed by atoms with Crippen molar-refractivity contribution >= 4 is 27.5 Å². The predicted molar refractivity (Wildman–Crippen MR) is 133 cm³/mol. The predicted octanol–water partition coefficient (Wildman–Crippen LogP) is 5.87. The van der Waals surface area contributed by atoms with Gasteiger partial charge in [0, 0.05) is 16.1 Å². The number of H-pyrrole nitrogens is 1. The number of aromatic amines is 1. The number of benzene rings is 3. The van der Waals surface area contributed by atoms with Gasteiger partial charge in [-0.05, 0) is 87.3 Å². The van der Waals surface area contributed by atoms with Gasteiger partial charge in [-0.25, -0.2) is 0 Å². The molecule has 0 amide bonds. The highest BCUT2D eigenvalue weighted by atomic mass is 79.9. The number of tetrazole rings is 1. The lowest BCUT2D eigenvalue weighted by molar-refractivity contribution is 0.393. The first-order valence-electron chi connectivity index (χ1n) is 10.6. The van der Waals surface area contributed by atoms with E-state index in [9.17, 15) is 0 Å². The third-order valence-corrected chi connectivity index (χ3v) is 7.06. The van der Waals surface area contributed by atoms with Crippen LogP contribution in [0.5, 0.6) is 11.5 Å². The monoisotopic (exact) mass is 526 g/mol. The van der Waals surface area contributed by atoms with Crippen LogP contribution in [-0.4, -0.2) is 34.8 Å². The van der Waals surface area contributed by atoms with Crippen molar-refractivity contribution in [3.8, 4) is 22.9 Å². The van der Waals surface area contributed by atoms with E-state index in [4.69, 9.17) is 21.1 Å². The van der Waals surface area contributed by atoms with Gasteiger partial charge in [0.1, 0.15) is 11.5 Å². The van der Waals surface area contributed by atoms with Gasteiger partial charge in [0.05, 0.1) is 19.2 Å². The lowest BCUT2D eigenvalue weighted by atomic mass is 9.95. The van der Waals surface area contributed by atoms with E-state index in [-0.39, 0.29) is 0 Å². The fourth-order valence-corrected chi connectivity index (χ4v) is 4.56. The van der Waals surface area contributed by atoms with E-state index < -0.39 is 0 Å². The van der Waals surface area contributed by atoms with Crippen molar-refractivity contribution in [2.24, 2.45) is 0 Å². The number of aromatic nitrogens is 4. The molecule has 1 N–H and O–H groups in total. The molecule has 8 heteroatoms. The lowest BCUT2D eigenvalue weighted by Crippen LogP contribution is -2.02. The zero-order valence-corrected chi connectivity index (χ0v) is 20.8. The molecule has 0 aliphatic carbocycles. The standard InChI is InChI=1S/C25H24BrClN4O2/c1-32-20-13-17(14-21(15-20)33-2)6-11-22-18(10-12-23(27)24(22)26)7-3-16-4-8-19(9-5-16)25-28-30-31-29-25/h4-5,8-10,12-15H,3,6-7,11H2,1-2H3,(H,28,29,30,31). The topological polar surface area (TPSA) is 72.9 Å². The highest BCUT2D eigenvalue weighted by Gasteiger charge is 2.12. The van der Waals surface area contributed by atoms with E-state index in [1.165, 1.54) is 16.7 Å². The summed E-state index contributed by atoms with van der Waals surface area (Å²) in [4.78, 5) is 0. The molecule has 0 saturated carbocycles. The molecule has 0 unspecified atom stereocenters. The van der Waals surface area contributed by atoms with Gasteiger partial charge in [-0.3, -0.25) is 0 Å². The molecule has 6 nitrogen and oxygen atoms in total. The van der Waals surface area contributed by atoms with Gasteiger partial charge in [-0.15, -0.1) is 10.2 Å². The molecule has 1 heterocycles. The lowest BCUT2D eigenvalue weighted by Gasteiger charge is -2.14. The number of methoxy groups -OCH3 is 2. The van der Waals surface area contributed by atoms with E-state index in [0.717, 1.165) is 57.8 Å². The summed E-state index contributed by atoms with van der Waals surface area (Å²) in [5.41, 5.74) is 5.85. The molecule has 0 atom stereocenters. The number of hydrogen-bond acceptors (Lipinski definition) is 5. The van der Waals surface area contributed by atoms with Crippen LogP contribution in [0.2, 0.25) is 5.02 Å². The third kappa shape index (κ3) is 5.72. The number of nitrogens with zero attached hydrogens (tertiary/aromatic N) is 3. The van der Waals surface area contributed by atoms with Crippen LogP contribution in [0.1, 0.15) is 22.3 Å². The molecule has 0 radical (unpaired) electrons. The Morgan fingerprint density at radius 1 is 0.848 bits per heavy atom. The van der Waals surface area contributed by atoms with Crippen LogP contribution in [-0.2, 0) is 25.7 Å². The van der Waals surface area contributed by atoms with Gasteiger partial charge in [0.25, 0.3) is 0 Å². The second-order valence-corrected chi connectivity index (χ2v) is 8.85. The molecule has 3 aromatic carbocycles. The average Bonchev–Trinajstić information content (AvgIpc) is 3.39. The van der Waals surface area contributed by atoms with Crippen molar-refractivity contribution in [1.29, 1.82) is 0 Å². The summed E-state index contributed by atoms with van der Waals surface area (Å²) in [5, 5.41) is 14.9. The second-order valence-electron chi connectivity index (χ2n) is 7.65. The zero-order valence-electron chi connectivity index (χ0n) is 18.4. The maximum absolute atomic E-state index is 6.44. The van der Waals surface area contributed by atoms with Crippen LogP contribution in [0.25, 0.3) is 11.4 Å². The van der Waals surface area contributed by atoms with Gasteiger partial charge in [-0.2, -0.15) is 5.21 Å². The summed E-state index contributed by atoms with van der Waals surface area (Å²) in [7, 11) is 3.33. The maximum atomic E-state index is 6.44. The van der Waals surface area contributed by atoms with Crippen LogP contribution >= 0.6 is 27.5 Å². The Balaban J connectivity index is 1.49. The Bertz CT molecular complexity index is 1190. The molecule has 170 valence electrons. The van der Waals surface area contributed by atoms with Crippen molar-refractivity contribution < 1.29 is 9.47 Å². The molecule has 4 rings (SSSR count). The number of aryl methyl sites for hydroxylation is 3. The van der Waals surface area contributed by atoms with E-state index in [1.54, 1.807) is 14.2 Å². The summed E-state index contributed by atoms with van der Waals surface area (Å²) in [5.74, 6) is 2.18. The number of nitrogens with one attached hydrogen (secondary N) is 1. The summed E-state index contributed by atoms with van der Waals surface area (Å²) < 4.78 is 11.8. The second kappa shape index (κ2) is 10.8. The summed E-state index contributed by atoms with van der Waals surface area (Å²) >= 11 is 10.2. The van der Waals surface area contributed by atoms with Crippen molar-refractivity contribution in [2.45, 2.75) is 25.7 Å². The van der Waals surface area contributed by atoms with Gasteiger partial charge in [0.2, 0.25) is 5.82 Å². The van der Waals surface area contributed by atoms with E-state index in [0.29, 0.717) is 5.82 Å². The molecule has 0 spiro atoms. The van der Waals surface area contributed by atoms with Crippen LogP contribution < -0.4 is 9.47 Å².